The van der Waals surface area contributed by atoms with E-state index >= 15 is 0 Å². The molecule has 1 rings (SSSR count). The molecule has 0 saturated heterocycles. The third kappa shape index (κ3) is 5.92. The molecule has 6 heteroatoms. The van der Waals surface area contributed by atoms with Crippen LogP contribution in [0.3, 0.4) is 0 Å². The van der Waals surface area contributed by atoms with Gasteiger partial charge >= 0.3 is 12.0 Å². The van der Waals surface area contributed by atoms with E-state index in [-0.39, 0.29) is 25.0 Å². The highest BCUT2D eigenvalue weighted by atomic mass is 16.5. The maximum atomic E-state index is 12.1. The second-order valence-electron chi connectivity index (χ2n) is 5.42. The van der Waals surface area contributed by atoms with Gasteiger partial charge in [-0.15, -0.1) is 0 Å². The molecule has 1 saturated carbocycles. The van der Waals surface area contributed by atoms with Crippen molar-refractivity contribution >= 4 is 12.0 Å². The summed E-state index contributed by atoms with van der Waals surface area (Å²) >= 11 is 0. The Labute approximate surface area is 114 Å². The van der Waals surface area contributed by atoms with Crippen LogP contribution in [0.15, 0.2) is 0 Å². The highest BCUT2D eigenvalue weighted by Gasteiger charge is 2.33. The minimum absolute atomic E-state index is 0.0151. The Morgan fingerprint density at radius 1 is 1.42 bits per heavy atom. The van der Waals surface area contributed by atoms with Gasteiger partial charge in [0.15, 0.2) is 0 Å². The summed E-state index contributed by atoms with van der Waals surface area (Å²) in [6.45, 7) is 7.00. The number of ether oxygens (including phenoxy) is 1. The van der Waals surface area contributed by atoms with E-state index in [0.717, 1.165) is 12.8 Å². The topological polar surface area (TPSA) is 78.9 Å². The second-order valence-corrected chi connectivity index (χ2v) is 5.42. The van der Waals surface area contributed by atoms with Crippen molar-refractivity contribution in [2.24, 2.45) is 0 Å². The Morgan fingerprint density at radius 2 is 2.05 bits per heavy atom. The normalized spacial score (nSPS) is 15.1. The van der Waals surface area contributed by atoms with Gasteiger partial charge < -0.3 is 20.1 Å². The fourth-order valence-corrected chi connectivity index (χ4v) is 1.88. The van der Waals surface area contributed by atoms with Crippen molar-refractivity contribution in [1.29, 1.82) is 0 Å². The fourth-order valence-electron chi connectivity index (χ4n) is 1.88. The minimum Gasteiger partial charge on any atom is -0.481 e. The van der Waals surface area contributed by atoms with Gasteiger partial charge in [0.25, 0.3) is 0 Å². The van der Waals surface area contributed by atoms with Crippen molar-refractivity contribution in [1.82, 2.24) is 10.2 Å². The largest absolute Gasteiger partial charge is 0.481 e. The highest BCUT2D eigenvalue weighted by Crippen LogP contribution is 2.27. The first-order chi connectivity index (χ1) is 8.85. The van der Waals surface area contributed by atoms with E-state index in [1.54, 1.807) is 4.90 Å². The van der Waals surface area contributed by atoms with Crippen LogP contribution in [-0.2, 0) is 9.53 Å². The summed E-state index contributed by atoms with van der Waals surface area (Å²) in [4.78, 5) is 24.3. The Bertz CT molecular complexity index is 327. The molecule has 0 heterocycles. The molecule has 2 N–H and O–H groups in total. The van der Waals surface area contributed by atoms with E-state index in [2.05, 4.69) is 5.32 Å². The molecule has 1 fully saturated rings. The number of aliphatic carboxylic acids is 1. The molecule has 0 aromatic heterocycles. The maximum Gasteiger partial charge on any atom is 0.317 e. The molecule has 0 bridgehead atoms. The van der Waals surface area contributed by atoms with Gasteiger partial charge in [-0.05, 0) is 33.6 Å². The Kier molecular flexibility index (Phi) is 5.60. The standard InChI is InChI=1S/C13H24N2O4/c1-4-19-13(2,3)9-14-12(18)15(10-5-6-10)8-7-11(16)17/h10H,4-9H2,1-3H3,(H,14,18)(H,16,17). The molecular weight excluding hydrogens is 248 g/mol. The highest BCUT2D eigenvalue weighted by molar-refractivity contribution is 5.76. The molecule has 0 radical (unpaired) electrons. The van der Waals surface area contributed by atoms with Crippen LogP contribution in [-0.4, -0.2) is 53.3 Å². The first-order valence-electron chi connectivity index (χ1n) is 6.76. The van der Waals surface area contributed by atoms with E-state index < -0.39 is 11.6 Å². The summed E-state index contributed by atoms with van der Waals surface area (Å²) in [6.07, 6.45) is 1.91. The first-order valence-corrected chi connectivity index (χ1v) is 6.76. The number of carboxylic acid groups (broad SMARTS) is 1. The van der Waals surface area contributed by atoms with Crippen LogP contribution in [0, 0.1) is 0 Å². The Morgan fingerprint density at radius 3 is 2.53 bits per heavy atom. The quantitative estimate of drug-likeness (QED) is 0.701. The molecule has 1 aliphatic rings. The molecule has 0 atom stereocenters. The van der Waals surface area contributed by atoms with Crippen molar-refractivity contribution in [3.8, 4) is 0 Å². The molecule has 19 heavy (non-hydrogen) atoms. The monoisotopic (exact) mass is 272 g/mol. The number of carbonyl (C=O) groups is 2. The van der Waals surface area contributed by atoms with Crippen molar-refractivity contribution in [2.45, 2.75) is 51.7 Å². The van der Waals surface area contributed by atoms with Gasteiger partial charge in [0.2, 0.25) is 0 Å². The summed E-state index contributed by atoms with van der Waals surface area (Å²) in [7, 11) is 0. The lowest BCUT2D eigenvalue weighted by molar-refractivity contribution is -0.137. The predicted octanol–water partition coefficient (Wildman–Crippen LogP) is 1.45. The van der Waals surface area contributed by atoms with Gasteiger partial charge in [-0.25, -0.2) is 4.79 Å². The molecule has 2 amide bonds. The Balaban J connectivity index is 2.42. The smallest absolute Gasteiger partial charge is 0.317 e. The minimum atomic E-state index is -0.881. The Hall–Kier alpha value is -1.30. The lowest BCUT2D eigenvalue weighted by atomic mass is 10.1. The van der Waals surface area contributed by atoms with Crippen molar-refractivity contribution in [3.63, 3.8) is 0 Å². The number of amides is 2. The van der Waals surface area contributed by atoms with E-state index in [0.29, 0.717) is 13.2 Å². The number of urea groups is 1. The van der Waals surface area contributed by atoms with Crippen LogP contribution in [0.25, 0.3) is 0 Å². The zero-order valence-electron chi connectivity index (χ0n) is 11.9. The van der Waals surface area contributed by atoms with Crippen LogP contribution < -0.4 is 5.32 Å². The van der Waals surface area contributed by atoms with Crippen molar-refractivity contribution in [3.05, 3.63) is 0 Å². The van der Waals surface area contributed by atoms with E-state index in [1.165, 1.54) is 0 Å². The number of carboxylic acids is 1. The van der Waals surface area contributed by atoms with Gasteiger partial charge in [0.05, 0.1) is 12.0 Å². The molecule has 0 aliphatic heterocycles. The average molecular weight is 272 g/mol. The average Bonchev–Trinajstić information content (AvgIpc) is 3.10. The summed E-state index contributed by atoms with van der Waals surface area (Å²) < 4.78 is 5.51. The summed E-state index contributed by atoms with van der Waals surface area (Å²) in [5.74, 6) is -0.881. The zero-order valence-corrected chi connectivity index (χ0v) is 11.9. The fraction of sp³-hybridized carbons (Fsp3) is 0.846. The molecule has 0 unspecified atom stereocenters. The second kappa shape index (κ2) is 6.75. The van der Waals surface area contributed by atoms with Gasteiger partial charge in [-0.3, -0.25) is 4.79 Å². The van der Waals surface area contributed by atoms with Gasteiger partial charge in [-0.2, -0.15) is 0 Å². The lowest BCUT2D eigenvalue weighted by Gasteiger charge is -2.28. The van der Waals surface area contributed by atoms with Gasteiger partial charge in [0, 0.05) is 25.7 Å². The van der Waals surface area contributed by atoms with Crippen molar-refractivity contribution in [2.75, 3.05) is 19.7 Å². The number of hydrogen-bond donors (Lipinski definition) is 2. The molecule has 0 aromatic rings. The van der Waals surface area contributed by atoms with Crippen molar-refractivity contribution < 1.29 is 19.4 Å². The zero-order chi connectivity index (χ0) is 14.5. The number of nitrogens with one attached hydrogen (secondary N) is 1. The summed E-state index contributed by atoms with van der Waals surface area (Å²) in [5, 5.41) is 11.5. The molecular formula is C13H24N2O4. The van der Waals surface area contributed by atoms with Crippen LogP contribution in [0.2, 0.25) is 0 Å². The SMILES string of the molecule is CCOC(C)(C)CNC(=O)N(CCC(=O)O)C1CC1. The summed E-state index contributed by atoms with van der Waals surface area (Å²) in [5.41, 5.74) is -0.410. The number of rotatable bonds is 8. The molecule has 0 aromatic carbocycles. The maximum absolute atomic E-state index is 12.1. The third-order valence-corrected chi connectivity index (χ3v) is 3.02. The lowest BCUT2D eigenvalue weighted by Crippen LogP contribution is -2.47. The first kappa shape index (κ1) is 15.8. The van der Waals surface area contributed by atoms with Crippen LogP contribution in [0.5, 0.6) is 0 Å². The summed E-state index contributed by atoms with van der Waals surface area (Å²) in [6, 6.07) is 0.00563. The van der Waals surface area contributed by atoms with Crippen LogP contribution in [0.1, 0.15) is 40.0 Å². The number of nitrogens with zero attached hydrogens (tertiary/aromatic N) is 1. The van der Waals surface area contributed by atoms with Gasteiger partial charge in [0.1, 0.15) is 0 Å². The van der Waals surface area contributed by atoms with E-state index in [9.17, 15) is 9.59 Å². The molecule has 1 aliphatic carbocycles. The van der Waals surface area contributed by atoms with E-state index in [4.69, 9.17) is 9.84 Å². The molecule has 6 nitrogen and oxygen atoms in total. The molecule has 0 spiro atoms. The number of carbonyl (C=O) groups excluding carboxylic acids is 1. The van der Waals surface area contributed by atoms with Gasteiger partial charge in [-0.1, -0.05) is 0 Å². The predicted molar refractivity (Wildman–Crippen MR) is 71.1 cm³/mol. The molecule has 110 valence electrons. The number of hydrogen-bond acceptors (Lipinski definition) is 3. The van der Waals surface area contributed by atoms with Crippen LogP contribution >= 0.6 is 0 Å². The van der Waals surface area contributed by atoms with Crippen LogP contribution in [0.4, 0.5) is 4.79 Å². The third-order valence-electron chi connectivity index (χ3n) is 3.02. The van der Waals surface area contributed by atoms with E-state index in [1.807, 2.05) is 20.8 Å².